The summed E-state index contributed by atoms with van der Waals surface area (Å²) in [4.78, 5) is 16.7. The number of hydrogen-bond donors (Lipinski definition) is 0. The summed E-state index contributed by atoms with van der Waals surface area (Å²) in [6, 6.07) is 11.4. The highest BCUT2D eigenvalue weighted by Gasteiger charge is 2.26. The normalized spacial score (nSPS) is 15.2. The van der Waals surface area contributed by atoms with Crippen molar-refractivity contribution in [2.24, 2.45) is 4.99 Å². The molecule has 0 atom stereocenters. The van der Waals surface area contributed by atoms with Crippen LogP contribution in [0.15, 0.2) is 47.1 Å². The zero-order valence-electron chi connectivity index (χ0n) is 17.5. The van der Waals surface area contributed by atoms with Crippen LogP contribution in [0, 0.1) is 0 Å². The number of carbonyl (C=O) groups excluding carboxylic acids is 1. The van der Waals surface area contributed by atoms with E-state index < -0.39 is 5.97 Å². The number of cyclic esters (lactones) is 1. The molecule has 1 aliphatic heterocycles. The van der Waals surface area contributed by atoms with Crippen LogP contribution in [0.3, 0.4) is 0 Å². The number of ether oxygens (including phenoxy) is 4. The molecular formula is C23H25NO5. The van der Waals surface area contributed by atoms with Crippen LogP contribution >= 0.6 is 0 Å². The molecule has 0 saturated heterocycles. The molecule has 0 spiro atoms. The maximum Gasteiger partial charge on any atom is 0.363 e. The zero-order valence-corrected chi connectivity index (χ0v) is 17.5. The number of aliphatic imine (C=N–C) groups is 1. The van der Waals surface area contributed by atoms with E-state index in [1.165, 1.54) is 19.8 Å². The summed E-state index contributed by atoms with van der Waals surface area (Å²) >= 11 is 0. The highest BCUT2D eigenvalue weighted by Crippen LogP contribution is 2.41. The van der Waals surface area contributed by atoms with Gasteiger partial charge in [0.15, 0.2) is 17.2 Å². The van der Waals surface area contributed by atoms with Crippen molar-refractivity contribution in [2.45, 2.75) is 26.2 Å². The highest BCUT2D eigenvalue weighted by molar-refractivity contribution is 6.13. The summed E-state index contributed by atoms with van der Waals surface area (Å²) in [5.41, 5.74) is 2.79. The van der Waals surface area contributed by atoms with Crippen molar-refractivity contribution in [3.63, 3.8) is 0 Å². The molecule has 2 aromatic rings. The Hall–Kier alpha value is -3.28. The maximum absolute atomic E-state index is 12.4. The monoisotopic (exact) mass is 395 g/mol. The predicted octanol–water partition coefficient (Wildman–Crippen LogP) is 4.35. The number of benzene rings is 2. The van der Waals surface area contributed by atoms with E-state index in [2.05, 4.69) is 25.8 Å². The Labute approximate surface area is 170 Å². The average molecular weight is 395 g/mol. The van der Waals surface area contributed by atoms with Gasteiger partial charge >= 0.3 is 5.97 Å². The third-order valence-corrected chi connectivity index (χ3v) is 4.65. The van der Waals surface area contributed by atoms with Crippen LogP contribution in [0.25, 0.3) is 6.08 Å². The Morgan fingerprint density at radius 3 is 2.10 bits per heavy atom. The van der Waals surface area contributed by atoms with Gasteiger partial charge < -0.3 is 18.9 Å². The number of nitrogens with zero attached hydrogens (tertiary/aromatic N) is 1. The van der Waals surface area contributed by atoms with Gasteiger partial charge in [0, 0.05) is 11.1 Å². The van der Waals surface area contributed by atoms with Crippen molar-refractivity contribution < 1.29 is 23.7 Å². The molecule has 0 saturated carbocycles. The molecule has 29 heavy (non-hydrogen) atoms. The second kappa shape index (κ2) is 7.99. The van der Waals surface area contributed by atoms with Gasteiger partial charge in [0.25, 0.3) is 0 Å². The minimum atomic E-state index is -0.517. The van der Waals surface area contributed by atoms with Gasteiger partial charge in [0.2, 0.25) is 11.6 Å². The minimum Gasteiger partial charge on any atom is -0.493 e. The summed E-state index contributed by atoms with van der Waals surface area (Å²) in [7, 11) is 4.60. The molecule has 152 valence electrons. The minimum absolute atomic E-state index is 0.0434. The Morgan fingerprint density at radius 1 is 0.897 bits per heavy atom. The number of esters is 1. The summed E-state index contributed by atoms with van der Waals surface area (Å²) in [6.45, 7) is 6.44. The number of rotatable bonds is 5. The molecule has 0 radical (unpaired) electrons. The lowest BCUT2D eigenvalue weighted by atomic mass is 9.87. The fourth-order valence-electron chi connectivity index (χ4n) is 3.03. The van der Waals surface area contributed by atoms with E-state index in [1.807, 2.05) is 24.3 Å². The molecule has 0 fully saturated rings. The predicted molar refractivity (Wildman–Crippen MR) is 112 cm³/mol. The zero-order chi connectivity index (χ0) is 21.2. The van der Waals surface area contributed by atoms with Crippen LogP contribution in [0.2, 0.25) is 0 Å². The van der Waals surface area contributed by atoms with E-state index in [-0.39, 0.29) is 17.0 Å². The topological polar surface area (TPSA) is 66.4 Å². The van der Waals surface area contributed by atoms with E-state index in [0.29, 0.717) is 22.8 Å². The van der Waals surface area contributed by atoms with E-state index in [1.54, 1.807) is 25.3 Å². The summed E-state index contributed by atoms with van der Waals surface area (Å²) in [5.74, 6) is 1.18. The van der Waals surface area contributed by atoms with Gasteiger partial charge in [-0.3, -0.25) is 0 Å². The third kappa shape index (κ3) is 4.11. The SMILES string of the molecule is COc1ccc(/C=C2\N=C(c3ccc(C(C)(C)C)cc3)OC2=O)c(OC)c1OC. The number of hydrogen-bond acceptors (Lipinski definition) is 6. The molecule has 3 rings (SSSR count). The standard InChI is InChI=1S/C23H25NO5/c1-23(2,3)16-10-7-14(8-11-16)21-24-17(22(25)29-21)13-15-9-12-18(26-4)20(28-6)19(15)27-5/h7-13H,1-6H3/b17-13-. The van der Waals surface area contributed by atoms with Crippen molar-refractivity contribution in [1.82, 2.24) is 0 Å². The fraction of sp³-hybridized carbons (Fsp3) is 0.304. The first-order valence-corrected chi connectivity index (χ1v) is 9.21. The second-order valence-electron chi connectivity index (χ2n) is 7.59. The molecule has 1 aliphatic rings. The highest BCUT2D eigenvalue weighted by atomic mass is 16.6. The first-order valence-electron chi connectivity index (χ1n) is 9.21. The van der Waals surface area contributed by atoms with E-state index in [4.69, 9.17) is 18.9 Å². The largest absolute Gasteiger partial charge is 0.493 e. The third-order valence-electron chi connectivity index (χ3n) is 4.65. The van der Waals surface area contributed by atoms with E-state index in [0.717, 1.165) is 5.56 Å². The van der Waals surface area contributed by atoms with Gasteiger partial charge in [-0.25, -0.2) is 9.79 Å². The number of methoxy groups -OCH3 is 3. The molecule has 0 aliphatic carbocycles. The van der Waals surface area contributed by atoms with Crippen LogP contribution in [0.5, 0.6) is 17.2 Å². The lowest BCUT2D eigenvalue weighted by Gasteiger charge is -2.18. The molecule has 0 bridgehead atoms. The molecule has 1 heterocycles. The lowest BCUT2D eigenvalue weighted by molar-refractivity contribution is -0.129. The molecule has 0 amide bonds. The second-order valence-corrected chi connectivity index (χ2v) is 7.59. The van der Waals surface area contributed by atoms with Gasteiger partial charge in [0.05, 0.1) is 21.3 Å². The van der Waals surface area contributed by atoms with Gasteiger partial charge in [-0.15, -0.1) is 0 Å². The van der Waals surface area contributed by atoms with Gasteiger partial charge in [0.1, 0.15) is 0 Å². The fourth-order valence-corrected chi connectivity index (χ4v) is 3.03. The molecular weight excluding hydrogens is 370 g/mol. The Kier molecular flexibility index (Phi) is 5.64. The van der Waals surface area contributed by atoms with Crippen LogP contribution in [-0.2, 0) is 14.9 Å². The van der Waals surface area contributed by atoms with Crippen molar-refractivity contribution in [1.29, 1.82) is 0 Å². The quantitative estimate of drug-likeness (QED) is 0.556. The molecule has 6 heteroatoms. The van der Waals surface area contributed by atoms with Crippen LogP contribution in [-0.4, -0.2) is 33.2 Å². The molecule has 2 aromatic carbocycles. The molecule has 0 N–H and O–H groups in total. The van der Waals surface area contributed by atoms with Gasteiger partial charge in [-0.1, -0.05) is 32.9 Å². The van der Waals surface area contributed by atoms with Crippen molar-refractivity contribution in [3.05, 3.63) is 58.8 Å². The number of carbonyl (C=O) groups is 1. The Balaban J connectivity index is 1.97. The summed E-state index contributed by atoms with van der Waals surface area (Å²) in [6.07, 6.45) is 1.61. The Bertz CT molecular complexity index is 982. The smallest absolute Gasteiger partial charge is 0.363 e. The molecule has 0 unspecified atom stereocenters. The first-order chi connectivity index (χ1) is 13.8. The van der Waals surface area contributed by atoms with Crippen molar-refractivity contribution in [3.8, 4) is 17.2 Å². The van der Waals surface area contributed by atoms with Crippen LogP contribution < -0.4 is 14.2 Å². The summed E-state index contributed by atoms with van der Waals surface area (Å²) in [5, 5.41) is 0. The summed E-state index contributed by atoms with van der Waals surface area (Å²) < 4.78 is 21.5. The van der Waals surface area contributed by atoms with Gasteiger partial charge in [-0.05, 0) is 41.3 Å². The molecule has 6 nitrogen and oxygen atoms in total. The average Bonchev–Trinajstić information content (AvgIpc) is 3.07. The van der Waals surface area contributed by atoms with Crippen LogP contribution in [0.1, 0.15) is 37.5 Å². The van der Waals surface area contributed by atoms with Crippen molar-refractivity contribution in [2.75, 3.05) is 21.3 Å². The maximum atomic E-state index is 12.4. The lowest BCUT2D eigenvalue weighted by Crippen LogP contribution is -2.11. The first kappa shape index (κ1) is 20.5. The Morgan fingerprint density at radius 2 is 1.55 bits per heavy atom. The van der Waals surface area contributed by atoms with Crippen LogP contribution in [0.4, 0.5) is 0 Å². The van der Waals surface area contributed by atoms with Gasteiger partial charge in [-0.2, -0.15) is 0 Å². The van der Waals surface area contributed by atoms with Crippen molar-refractivity contribution >= 4 is 17.9 Å². The van der Waals surface area contributed by atoms with E-state index >= 15 is 0 Å². The molecule has 0 aromatic heterocycles. The van der Waals surface area contributed by atoms with E-state index in [9.17, 15) is 4.79 Å².